The molecule has 0 aliphatic rings. The van der Waals surface area contributed by atoms with E-state index >= 15 is 0 Å². The van der Waals surface area contributed by atoms with Crippen molar-refractivity contribution in [1.82, 2.24) is 14.9 Å². The third kappa shape index (κ3) is 5.20. The van der Waals surface area contributed by atoms with Crippen molar-refractivity contribution in [2.75, 3.05) is 0 Å². The Balaban J connectivity index is 1.93. The first-order valence-corrected chi connectivity index (χ1v) is 10.7. The third-order valence-corrected chi connectivity index (χ3v) is 5.54. The van der Waals surface area contributed by atoms with Gasteiger partial charge in [0.2, 0.25) is 5.91 Å². The molecule has 6 heteroatoms. The van der Waals surface area contributed by atoms with Crippen molar-refractivity contribution in [3.05, 3.63) is 75.8 Å². The molecule has 0 aliphatic carbocycles. The minimum Gasteiger partial charge on any atom is -0.368 e. The first kappa shape index (κ1) is 22.7. The summed E-state index contributed by atoms with van der Waals surface area (Å²) in [5.41, 5.74) is 8.32. The zero-order valence-electron chi connectivity index (χ0n) is 19.0. The van der Waals surface area contributed by atoms with E-state index in [4.69, 9.17) is 5.73 Å². The number of nitrogens with zero attached hydrogens (tertiary/aromatic N) is 2. The van der Waals surface area contributed by atoms with Gasteiger partial charge in [0.05, 0.1) is 17.4 Å². The van der Waals surface area contributed by atoms with Crippen molar-refractivity contribution in [2.24, 2.45) is 11.7 Å². The van der Waals surface area contributed by atoms with Crippen molar-refractivity contribution in [3.63, 3.8) is 0 Å². The van der Waals surface area contributed by atoms with Crippen molar-refractivity contribution >= 4 is 16.8 Å². The zero-order chi connectivity index (χ0) is 22.8. The Bertz CT molecular complexity index is 1120. The molecule has 0 fully saturated rings. The van der Waals surface area contributed by atoms with Gasteiger partial charge in [-0.05, 0) is 34.6 Å². The van der Waals surface area contributed by atoms with Gasteiger partial charge >= 0.3 is 0 Å². The second-order valence-electron chi connectivity index (χ2n) is 9.38. The van der Waals surface area contributed by atoms with Crippen LogP contribution in [0.4, 0.5) is 0 Å². The molecule has 3 rings (SSSR count). The van der Waals surface area contributed by atoms with Crippen LogP contribution in [-0.2, 0) is 23.3 Å². The van der Waals surface area contributed by atoms with Crippen LogP contribution in [0.15, 0.2) is 53.3 Å². The Morgan fingerprint density at radius 1 is 1.10 bits per heavy atom. The number of rotatable bonds is 7. The minimum atomic E-state index is -0.571. The maximum absolute atomic E-state index is 13.0. The summed E-state index contributed by atoms with van der Waals surface area (Å²) in [4.78, 5) is 29.2. The fraction of sp³-hybridized carbons (Fsp3) is 0.400. The number of nitrogens with two attached hydrogens (primary N) is 1. The third-order valence-electron chi connectivity index (χ3n) is 5.54. The van der Waals surface area contributed by atoms with Crippen LogP contribution in [0.1, 0.15) is 57.6 Å². The number of aromatic nitrogens is 2. The molecule has 0 aliphatic heterocycles. The predicted molar refractivity (Wildman–Crippen MR) is 125 cm³/mol. The number of primary amides is 1. The predicted octanol–water partition coefficient (Wildman–Crippen LogP) is 3.67. The van der Waals surface area contributed by atoms with Gasteiger partial charge in [0, 0.05) is 6.04 Å². The summed E-state index contributed by atoms with van der Waals surface area (Å²) < 4.78 is 1.37. The lowest BCUT2D eigenvalue weighted by Gasteiger charge is -2.25. The number of amides is 1. The van der Waals surface area contributed by atoms with Crippen molar-refractivity contribution in [2.45, 2.75) is 59.2 Å². The van der Waals surface area contributed by atoms with Gasteiger partial charge in [0.1, 0.15) is 12.4 Å². The van der Waals surface area contributed by atoms with Crippen molar-refractivity contribution in [1.29, 1.82) is 0 Å². The van der Waals surface area contributed by atoms with E-state index in [0.29, 0.717) is 29.2 Å². The van der Waals surface area contributed by atoms with Gasteiger partial charge in [0.25, 0.3) is 5.56 Å². The maximum atomic E-state index is 13.0. The van der Waals surface area contributed by atoms with Crippen LogP contribution in [0, 0.1) is 5.92 Å². The van der Waals surface area contributed by atoms with Gasteiger partial charge in [-0.25, -0.2) is 4.98 Å². The topological polar surface area (TPSA) is 90.0 Å². The highest BCUT2D eigenvalue weighted by atomic mass is 16.2. The highest BCUT2D eigenvalue weighted by molar-refractivity contribution is 5.78. The van der Waals surface area contributed by atoms with Crippen molar-refractivity contribution in [3.8, 4) is 0 Å². The Kier molecular flexibility index (Phi) is 6.60. The Hall–Kier alpha value is -2.99. The lowest BCUT2D eigenvalue weighted by molar-refractivity contribution is -0.118. The van der Waals surface area contributed by atoms with E-state index in [-0.39, 0.29) is 23.6 Å². The molecular formula is C25H32N4O2. The van der Waals surface area contributed by atoms with Gasteiger partial charge in [-0.3, -0.25) is 14.2 Å². The molecule has 1 atom stereocenters. The zero-order valence-corrected chi connectivity index (χ0v) is 19.0. The summed E-state index contributed by atoms with van der Waals surface area (Å²) in [6, 6.07) is 15.9. The molecule has 0 spiro atoms. The smallest absolute Gasteiger partial charge is 0.261 e. The molecule has 0 saturated carbocycles. The van der Waals surface area contributed by atoms with E-state index in [9.17, 15) is 9.59 Å². The molecule has 164 valence electrons. The molecule has 1 heterocycles. The van der Waals surface area contributed by atoms with Gasteiger partial charge in [-0.2, -0.15) is 0 Å². The Morgan fingerprint density at radius 3 is 2.32 bits per heavy atom. The van der Waals surface area contributed by atoms with E-state index in [1.165, 1.54) is 15.7 Å². The number of hydrogen-bond acceptors (Lipinski definition) is 4. The highest BCUT2D eigenvalue weighted by Gasteiger charge is 2.20. The SMILES string of the molecule is CC(C)[C@@H](NCc1nc2ccccc2c(=O)n1CC(N)=O)c1ccc(C(C)(C)C)cc1. The summed E-state index contributed by atoms with van der Waals surface area (Å²) in [7, 11) is 0. The summed E-state index contributed by atoms with van der Waals surface area (Å²) in [6.45, 7) is 11.0. The Labute approximate surface area is 183 Å². The van der Waals surface area contributed by atoms with Crippen molar-refractivity contribution < 1.29 is 4.79 Å². The average molecular weight is 421 g/mol. The fourth-order valence-electron chi connectivity index (χ4n) is 3.80. The molecule has 31 heavy (non-hydrogen) atoms. The summed E-state index contributed by atoms with van der Waals surface area (Å²) in [6.07, 6.45) is 0. The van der Waals surface area contributed by atoms with Gasteiger partial charge in [-0.1, -0.05) is 71.0 Å². The molecule has 0 bridgehead atoms. The van der Waals surface area contributed by atoms with Crippen LogP contribution in [0.3, 0.4) is 0 Å². The molecule has 3 N–H and O–H groups in total. The monoisotopic (exact) mass is 420 g/mol. The first-order chi connectivity index (χ1) is 14.6. The fourth-order valence-corrected chi connectivity index (χ4v) is 3.80. The Morgan fingerprint density at radius 2 is 1.74 bits per heavy atom. The maximum Gasteiger partial charge on any atom is 0.261 e. The molecule has 6 nitrogen and oxygen atoms in total. The second kappa shape index (κ2) is 9.02. The molecule has 0 radical (unpaired) electrons. The van der Waals surface area contributed by atoms with Crippen LogP contribution in [0.2, 0.25) is 0 Å². The number of nitrogens with one attached hydrogen (secondary N) is 1. The molecule has 3 aromatic rings. The number of carbonyl (C=O) groups excluding carboxylic acids is 1. The van der Waals surface area contributed by atoms with Gasteiger partial charge in [0.15, 0.2) is 0 Å². The van der Waals surface area contributed by atoms with Crippen LogP contribution >= 0.6 is 0 Å². The lowest BCUT2D eigenvalue weighted by Crippen LogP contribution is -2.34. The molecule has 1 amide bonds. The number of benzene rings is 2. The molecular weight excluding hydrogens is 388 g/mol. The number of hydrogen-bond donors (Lipinski definition) is 2. The summed E-state index contributed by atoms with van der Waals surface area (Å²) >= 11 is 0. The van der Waals surface area contributed by atoms with Crippen LogP contribution in [-0.4, -0.2) is 15.5 Å². The van der Waals surface area contributed by atoms with Crippen LogP contribution in [0.5, 0.6) is 0 Å². The first-order valence-electron chi connectivity index (χ1n) is 10.7. The summed E-state index contributed by atoms with van der Waals surface area (Å²) in [5.74, 6) is 0.246. The standard InChI is InChI=1S/C25H32N4O2/c1-16(2)23(17-10-12-18(13-11-17)25(3,4)5)27-14-22-28-20-9-7-6-8-19(20)24(31)29(22)15-21(26)30/h6-13,16,23,27H,14-15H2,1-5H3,(H2,26,30)/t23-/m1/s1. The number of para-hydroxylation sites is 1. The summed E-state index contributed by atoms with van der Waals surface area (Å²) in [5, 5.41) is 4.02. The number of fused-ring (bicyclic) bond motifs is 1. The highest BCUT2D eigenvalue weighted by Crippen LogP contribution is 2.27. The average Bonchev–Trinajstić information content (AvgIpc) is 2.70. The van der Waals surface area contributed by atoms with Gasteiger partial charge in [-0.15, -0.1) is 0 Å². The van der Waals surface area contributed by atoms with Crippen LogP contribution < -0.4 is 16.6 Å². The molecule has 1 aromatic heterocycles. The molecule has 2 aromatic carbocycles. The van der Waals surface area contributed by atoms with E-state index in [1.807, 2.05) is 6.07 Å². The van der Waals surface area contributed by atoms with Gasteiger partial charge < -0.3 is 11.1 Å². The minimum absolute atomic E-state index is 0.0689. The largest absolute Gasteiger partial charge is 0.368 e. The van der Waals surface area contributed by atoms with Crippen LogP contribution in [0.25, 0.3) is 10.9 Å². The normalized spacial score (nSPS) is 13.0. The lowest BCUT2D eigenvalue weighted by atomic mass is 9.85. The van der Waals surface area contributed by atoms with E-state index < -0.39 is 5.91 Å². The number of carbonyl (C=O) groups is 1. The van der Waals surface area contributed by atoms with E-state index in [2.05, 4.69) is 69.2 Å². The quantitative estimate of drug-likeness (QED) is 0.610. The van der Waals surface area contributed by atoms with E-state index in [0.717, 1.165) is 0 Å². The molecule has 0 saturated heterocycles. The van der Waals surface area contributed by atoms with E-state index in [1.54, 1.807) is 18.2 Å². The molecule has 0 unspecified atom stereocenters. The second-order valence-corrected chi connectivity index (χ2v) is 9.38.